The number of halogens is 1. The van der Waals surface area contributed by atoms with Crippen LogP contribution in [0.15, 0.2) is 29.1 Å². The molecule has 4 rings (SSSR count). The van der Waals surface area contributed by atoms with E-state index in [0.29, 0.717) is 35.3 Å². The monoisotopic (exact) mass is 447 g/mol. The second kappa shape index (κ2) is 8.90. The zero-order chi connectivity index (χ0) is 20.4. The van der Waals surface area contributed by atoms with Gasteiger partial charge in [0.05, 0.1) is 11.1 Å². The molecular weight excluding hydrogens is 426 g/mol. The lowest BCUT2D eigenvalue weighted by atomic mass is 10.2. The van der Waals surface area contributed by atoms with Crippen molar-refractivity contribution in [2.75, 3.05) is 12.8 Å². The van der Waals surface area contributed by atoms with Crippen molar-refractivity contribution in [1.82, 2.24) is 14.9 Å². The van der Waals surface area contributed by atoms with Gasteiger partial charge >= 0.3 is 0 Å². The van der Waals surface area contributed by atoms with E-state index < -0.39 is 0 Å². The van der Waals surface area contributed by atoms with Gasteiger partial charge in [-0.3, -0.25) is 9.59 Å². The number of aromatic amines is 1. The molecule has 0 unspecified atom stereocenters. The fourth-order valence-corrected chi connectivity index (χ4v) is 5.92. The van der Waals surface area contributed by atoms with Crippen LogP contribution in [-0.4, -0.2) is 33.6 Å². The number of aryl methyl sites for hydroxylation is 2. The van der Waals surface area contributed by atoms with Crippen LogP contribution in [0.3, 0.4) is 0 Å². The molecule has 5 nitrogen and oxygen atoms in total. The van der Waals surface area contributed by atoms with Crippen LogP contribution >= 0.6 is 34.7 Å². The van der Waals surface area contributed by atoms with E-state index in [9.17, 15) is 9.59 Å². The molecule has 29 heavy (non-hydrogen) atoms. The van der Waals surface area contributed by atoms with Crippen LogP contribution < -0.4 is 5.56 Å². The van der Waals surface area contributed by atoms with E-state index in [0.717, 1.165) is 35.0 Å². The predicted molar refractivity (Wildman–Crippen MR) is 121 cm³/mol. The van der Waals surface area contributed by atoms with Crippen LogP contribution in [-0.2, 0) is 29.9 Å². The van der Waals surface area contributed by atoms with Crippen molar-refractivity contribution in [3.63, 3.8) is 0 Å². The number of amides is 1. The molecule has 1 aliphatic carbocycles. The van der Waals surface area contributed by atoms with E-state index in [2.05, 4.69) is 9.97 Å². The highest BCUT2D eigenvalue weighted by molar-refractivity contribution is 7.98. The molecule has 0 fully saturated rings. The minimum atomic E-state index is -0.0256. The molecule has 0 saturated carbocycles. The number of hydrogen-bond donors (Lipinski definition) is 1. The maximum absolute atomic E-state index is 12.5. The Morgan fingerprint density at radius 2 is 2.24 bits per heavy atom. The summed E-state index contributed by atoms with van der Waals surface area (Å²) in [5, 5.41) is 1.46. The van der Waals surface area contributed by atoms with Crippen LogP contribution in [0.5, 0.6) is 0 Å². The topological polar surface area (TPSA) is 66.1 Å². The first kappa shape index (κ1) is 20.4. The van der Waals surface area contributed by atoms with E-state index >= 15 is 0 Å². The zero-order valence-corrected chi connectivity index (χ0v) is 18.6. The summed E-state index contributed by atoms with van der Waals surface area (Å²) in [6.07, 6.45) is 3.62. The average molecular weight is 448 g/mol. The number of benzene rings is 1. The van der Waals surface area contributed by atoms with Gasteiger partial charge in [-0.05, 0) is 42.5 Å². The van der Waals surface area contributed by atoms with Gasteiger partial charge in [0.25, 0.3) is 5.56 Å². The fourth-order valence-electron chi connectivity index (χ4n) is 3.63. The first-order valence-corrected chi connectivity index (χ1v) is 12.0. The van der Waals surface area contributed by atoms with Gasteiger partial charge < -0.3 is 9.88 Å². The minimum absolute atomic E-state index is 0.0256. The Hall–Kier alpha value is -1.83. The molecule has 8 heteroatoms. The lowest BCUT2D eigenvalue weighted by Crippen LogP contribution is -2.26. The molecule has 152 valence electrons. The van der Waals surface area contributed by atoms with Gasteiger partial charge in [-0.2, -0.15) is 11.8 Å². The summed E-state index contributed by atoms with van der Waals surface area (Å²) in [4.78, 5) is 36.3. The smallest absolute Gasteiger partial charge is 0.259 e. The Morgan fingerprint density at radius 1 is 1.38 bits per heavy atom. The lowest BCUT2D eigenvalue weighted by molar-refractivity contribution is -0.129. The molecule has 0 spiro atoms. The number of H-pyrrole nitrogens is 1. The molecule has 0 saturated heterocycles. The summed E-state index contributed by atoms with van der Waals surface area (Å²) >= 11 is 9.27. The number of nitrogens with one attached hydrogen (secondary N) is 1. The Labute approximate surface area is 182 Å². The second-order valence-corrected chi connectivity index (χ2v) is 9.86. The number of hydrogen-bond acceptors (Lipinski definition) is 5. The molecule has 0 radical (unpaired) electrons. The Bertz CT molecular complexity index is 1110. The summed E-state index contributed by atoms with van der Waals surface area (Å²) in [7, 11) is 1.80. The van der Waals surface area contributed by atoms with Gasteiger partial charge in [-0.15, -0.1) is 11.3 Å². The molecule has 0 aliphatic heterocycles. The molecule has 3 aromatic rings. The van der Waals surface area contributed by atoms with Crippen molar-refractivity contribution >= 4 is 50.8 Å². The Balaban J connectivity index is 1.29. The summed E-state index contributed by atoms with van der Waals surface area (Å²) in [6.45, 7) is 0.540. The molecule has 1 aromatic carbocycles. The number of carbonyl (C=O) groups excluding carboxylic acids is 1. The third kappa shape index (κ3) is 4.68. The van der Waals surface area contributed by atoms with Crippen molar-refractivity contribution in [2.24, 2.45) is 0 Å². The number of aromatic nitrogens is 2. The minimum Gasteiger partial charge on any atom is -0.341 e. The largest absolute Gasteiger partial charge is 0.341 e. The van der Waals surface area contributed by atoms with Crippen LogP contribution in [0.1, 0.15) is 34.7 Å². The zero-order valence-electron chi connectivity index (χ0n) is 16.2. The first-order chi connectivity index (χ1) is 14.0. The molecule has 2 aromatic heterocycles. The second-order valence-electron chi connectivity index (χ2n) is 7.23. The normalized spacial score (nSPS) is 13.0. The molecule has 1 aliphatic rings. The summed E-state index contributed by atoms with van der Waals surface area (Å²) < 4.78 is 0. The number of rotatable bonds is 7. The van der Waals surface area contributed by atoms with Crippen LogP contribution in [0.25, 0.3) is 10.2 Å². The summed E-state index contributed by atoms with van der Waals surface area (Å²) in [5.74, 6) is 2.05. The highest BCUT2D eigenvalue weighted by Crippen LogP contribution is 2.34. The van der Waals surface area contributed by atoms with Gasteiger partial charge in [0.1, 0.15) is 10.7 Å². The van der Waals surface area contributed by atoms with Gasteiger partial charge in [0.15, 0.2) is 0 Å². The van der Waals surface area contributed by atoms with Gasteiger partial charge in [-0.1, -0.05) is 23.7 Å². The molecule has 1 amide bonds. The average Bonchev–Trinajstić information content (AvgIpc) is 3.25. The quantitative estimate of drug-likeness (QED) is 0.545. The third-order valence-corrected chi connectivity index (χ3v) is 7.45. The number of thiophene rings is 1. The number of nitrogens with zero attached hydrogens (tertiary/aromatic N) is 2. The maximum Gasteiger partial charge on any atom is 0.259 e. The standard InChI is InChI=1S/C21H22ClN3O2S2/c1-25(11-13-4-2-5-14(22)10-13)18(26)8-9-28-12-17-23-20(27)19-15-6-3-7-16(15)29-21(19)24-17/h2,4-5,10H,3,6-9,11-12H2,1H3,(H,23,24,27). The molecule has 0 bridgehead atoms. The van der Waals surface area contributed by atoms with Crippen LogP contribution in [0.4, 0.5) is 0 Å². The number of fused-ring (bicyclic) bond motifs is 3. The van der Waals surface area contributed by atoms with Crippen LogP contribution in [0, 0.1) is 0 Å². The summed E-state index contributed by atoms with van der Waals surface area (Å²) in [6, 6.07) is 7.55. The van der Waals surface area contributed by atoms with Crippen molar-refractivity contribution in [3.8, 4) is 0 Å². The van der Waals surface area contributed by atoms with Crippen LogP contribution in [0.2, 0.25) is 5.02 Å². The van der Waals surface area contributed by atoms with E-state index in [1.807, 2.05) is 24.3 Å². The van der Waals surface area contributed by atoms with Gasteiger partial charge in [0, 0.05) is 35.7 Å². The van der Waals surface area contributed by atoms with Crippen molar-refractivity contribution in [2.45, 2.75) is 38.0 Å². The molecule has 0 atom stereocenters. The maximum atomic E-state index is 12.5. The fraction of sp³-hybridized carbons (Fsp3) is 0.381. The predicted octanol–water partition coefficient (Wildman–Crippen LogP) is 4.41. The van der Waals surface area contributed by atoms with Gasteiger partial charge in [0.2, 0.25) is 5.91 Å². The van der Waals surface area contributed by atoms with E-state index in [-0.39, 0.29) is 11.5 Å². The van der Waals surface area contributed by atoms with E-state index in [4.69, 9.17) is 11.6 Å². The molecule has 2 heterocycles. The SMILES string of the molecule is CN(Cc1cccc(Cl)c1)C(=O)CCSCc1nc2sc3c(c2c(=O)[nH]1)CCC3. The van der Waals surface area contributed by atoms with Gasteiger partial charge in [-0.25, -0.2) is 4.98 Å². The summed E-state index contributed by atoms with van der Waals surface area (Å²) in [5.41, 5.74) is 2.19. The number of thioether (sulfide) groups is 1. The highest BCUT2D eigenvalue weighted by Gasteiger charge is 2.21. The Kier molecular flexibility index (Phi) is 6.27. The van der Waals surface area contributed by atoms with E-state index in [1.54, 1.807) is 35.0 Å². The first-order valence-electron chi connectivity index (χ1n) is 9.61. The van der Waals surface area contributed by atoms with Crippen molar-refractivity contribution in [3.05, 3.63) is 61.5 Å². The number of carbonyl (C=O) groups is 1. The lowest BCUT2D eigenvalue weighted by Gasteiger charge is -2.17. The van der Waals surface area contributed by atoms with Crippen molar-refractivity contribution < 1.29 is 4.79 Å². The van der Waals surface area contributed by atoms with Crippen molar-refractivity contribution in [1.29, 1.82) is 0 Å². The molecule has 1 N–H and O–H groups in total. The Morgan fingerprint density at radius 3 is 3.07 bits per heavy atom. The third-order valence-electron chi connectivity index (χ3n) is 5.06. The highest BCUT2D eigenvalue weighted by atomic mass is 35.5. The molecular formula is C21H22ClN3O2S2. The van der Waals surface area contributed by atoms with E-state index in [1.165, 1.54) is 10.4 Å².